The molecule has 82 valence electrons. The highest BCUT2D eigenvalue weighted by molar-refractivity contribution is 5.83. The minimum atomic E-state index is -0.203. The van der Waals surface area contributed by atoms with Crippen LogP contribution < -0.4 is 0 Å². The summed E-state index contributed by atoms with van der Waals surface area (Å²) in [6, 6.07) is 6.90. The van der Waals surface area contributed by atoms with Crippen LogP contribution >= 0.6 is 0 Å². The molecule has 2 aromatic rings. The third-order valence-electron chi connectivity index (χ3n) is 2.71. The number of rotatable bonds is 4. The molecule has 1 aromatic carbocycles. The molecule has 0 atom stereocenters. The Hall–Kier alpha value is -1.82. The summed E-state index contributed by atoms with van der Waals surface area (Å²) in [7, 11) is 0. The van der Waals surface area contributed by atoms with Gasteiger partial charge in [-0.25, -0.2) is 4.39 Å². The molecule has 1 N–H and O–H groups in total. The van der Waals surface area contributed by atoms with Gasteiger partial charge in [0.1, 0.15) is 5.82 Å². The normalized spacial score (nSPS) is 10.5. The lowest BCUT2D eigenvalue weighted by molar-refractivity contribution is 0.629. The van der Waals surface area contributed by atoms with E-state index >= 15 is 0 Å². The SMILES string of the molecule is N#CCCCCc1c[nH]c2ccc(F)cc12. The van der Waals surface area contributed by atoms with Gasteiger partial charge >= 0.3 is 0 Å². The minimum absolute atomic E-state index is 0.203. The number of H-pyrrole nitrogens is 1. The fraction of sp³-hybridized carbons (Fsp3) is 0.308. The van der Waals surface area contributed by atoms with Gasteiger partial charge in [-0.05, 0) is 43.0 Å². The maximum Gasteiger partial charge on any atom is 0.123 e. The lowest BCUT2D eigenvalue weighted by atomic mass is 10.1. The van der Waals surface area contributed by atoms with Crippen LogP contribution in [-0.4, -0.2) is 4.98 Å². The first-order valence-corrected chi connectivity index (χ1v) is 5.44. The summed E-state index contributed by atoms with van der Waals surface area (Å²) in [4.78, 5) is 3.12. The summed E-state index contributed by atoms with van der Waals surface area (Å²) < 4.78 is 13.1. The van der Waals surface area contributed by atoms with Crippen LogP contribution in [0, 0.1) is 17.1 Å². The molecule has 0 bridgehead atoms. The summed E-state index contributed by atoms with van der Waals surface area (Å²) in [5.74, 6) is -0.203. The molecular weight excluding hydrogens is 203 g/mol. The Kier molecular flexibility index (Phi) is 3.21. The number of nitriles is 1. The maximum atomic E-state index is 13.1. The van der Waals surface area contributed by atoms with Crippen LogP contribution in [0.3, 0.4) is 0 Å². The third-order valence-corrected chi connectivity index (χ3v) is 2.71. The molecule has 16 heavy (non-hydrogen) atoms. The van der Waals surface area contributed by atoms with Gasteiger partial charge in [-0.1, -0.05) is 0 Å². The van der Waals surface area contributed by atoms with Crippen LogP contribution in [0.4, 0.5) is 4.39 Å². The van der Waals surface area contributed by atoms with E-state index in [2.05, 4.69) is 11.1 Å². The van der Waals surface area contributed by atoms with Gasteiger partial charge in [-0.15, -0.1) is 0 Å². The van der Waals surface area contributed by atoms with Crippen molar-refractivity contribution in [2.75, 3.05) is 0 Å². The molecule has 0 fully saturated rings. The van der Waals surface area contributed by atoms with Crippen molar-refractivity contribution in [1.82, 2.24) is 4.98 Å². The smallest absolute Gasteiger partial charge is 0.123 e. The Balaban J connectivity index is 2.12. The molecule has 0 aliphatic heterocycles. The predicted octanol–water partition coefficient (Wildman–Crippen LogP) is 3.54. The molecule has 0 aliphatic rings. The molecular formula is C13H13FN2. The van der Waals surface area contributed by atoms with E-state index in [1.165, 1.54) is 6.07 Å². The summed E-state index contributed by atoms with van der Waals surface area (Å²) in [6.45, 7) is 0. The van der Waals surface area contributed by atoms with Crippen molar-refractivity contribution in [3.05, 3.63) is 35.8 Å². The monoisotopic (exact) mass is 216 g/mol. The van der Waals surface area contributed by atoms with Crippen LogP contribution in [0.25, 0.3) is 10.9 Å². The van der Waals surface area contributed by atoms with Crippen LogP contribution in [0.2, 0.25) is 0 Å². The number of unbranched alkanes of at least 4 members (excludes halogenated alkanes) is 2. The Labute approximate surface area is 93.7 Å². The number of aromatic nitrogens is 1. The number of hydrogen-bond donors (Lipinski definition) is 1. The van der Waals surface area contributed by atoms with Gasteiger partial charge in [0.25, 0.3) is 0 Å². The third kappa shape index (κ3) is 2.22. The van der Waals surface area contributed by atoms with Crippen molar-refractivity contribution < 1.29 is 4.39 Å². The number of halogens is 1. The van der Waals surface area contributed by atoms with E-state index in [4.69, 9.17) is 5.26 Å². The lowest BCUT2D eigenvalue weighted by Crippen LogP contribution is -1.84. The molecule has 0 amide bonds. The number of hydrogen-bond acceptors (Lipinski definition) is 1. The molecule has 0 aliphatic carbocycles. The van der Waals surface area contributed by atoms with Crippen LogP contribution in [-0.2, 0) is 6.42 Å². The molecule has 0 radical (unpaired) electrons. The van der Waals surface area contributed by atoms with Gasteiger partial charge < -0.3 is 4.98 Å². The average molecular weight is 216 g/mol. The minimum Gasteiger partial charge on any atom is -0.361 e. The number of benzene rings is 1. The summed E-state index contributed by atoms with van der Waals surface area (Å²) in [6.07, 6.45) is 5.29. The molecule has 2 rings (SSSR count). The van der Waals surface area contributed by atoms with E-state index in [1.54, 1.807) is 12.1 Å². The van der Waals surface area contributed by atoms with Crippen molar-refractivity contribution in [3.63, 3.8) is 0 Å². The molecule has 2 nitrogen and oxygen atoms in total. The molecule has 0 saturated carbocycles. The molecule has 1 aromatic heterocycles. The van der Waals surface area contributed by atoms with Gasteiger partial charge in [-0.3, -0.25) is 0 Å². The fourth-order valence-electron chi connectivity index (χ4n) is 1.88. The summed E-state index contributed by atoms with van der Waals surface area (Å²) >= 11 is 0. The van der Waals surface area contributed by atoms with Crippen molar-refractivity contribution in [2.24, 2.45) is 0 Å². The van der Waals surface area contributed by atoms with Crippen LogP contribution in [0.1, 0.15) is 24.8 Å². The second-order valence-corrected chi connectivity index (χ2v) is 3.87. The largest absolute Gasteiger partial charge is 0.361 e. The van der Waals surface area contributed by atoms with Crippen molar-refractivity contribution >= 4 is 10.9 Å². The van der Waals surface area contributed by atoms with Gasteiger partial charge in [0.15, 0.2) is 0 Å². The highest BCUT2D eigenvalue weighted by Gasteiger charge is 2.04. The zero-order valence-corrected chi connectivity index (χ0v) is 8.96. The Bertz CT molecular complexity index is 522. The van der Waals surface area contributed by atoms with E-state index in [-0.39, 0.29) is 5.82 Å². The highest BCUT2D eigenvalue weighted by atomic mass is 19.1. The van der Waals surface area contributed by atoms with Crippen LogP contribution in [0.15, 0.2) is 24.4 Å². The standard InChI is InChI=1S/C13H13FN2/c14-11-5-6-13-12(8-11)10(9-16-13)4-2-1-3-7-15/h5-6,8-9,16H,1-4H2. The number of fused-ring (bicyclic) bond motifs is 1. The zero-order valence-electron chi connectivity index (χ0n) is 8.96. The molecule has 0 unspecified atom stereocenters. The topological polar surface area (TPSA) is 39.6 Å². The first kappa shape index (κ1) is 10.7. The second kappa shape index (κ2) is 4.80. The van der Waals surface area contributed by atoms with E-state index in [0.717, 1.165) is 35.7 Å². The Morgan fingerprint density at radius 2 is 2.19 bits per heavy atom. The first-order valence-electron chi connectivity index (χ1n) is 5.44. The number of aryl methyl sites for hydroxylation is 1. The van der Waals surface area contributed by atoms with E-state index in [1.807, 2.05) is 6.20 Å². The quantitative estimate of drug-likeness (QED) is 0.780. The molecule has 0 saturated heterocycles. The van der Waals surface area contributed by atoms with E-state index in [0.29, 0.717) is 6.42 Å². The number of nitrogens with one attached hydrogen (secondary N) is 1. The van der Waals surface area contributed by atoms with Gasteiger partial charge in [-0.2, -0.15) is 5.26 Å². The summed E-state index contributed by atoms with van der Waals surface area (Å²) in [5.41, 5.74) is 2.10. The predicted molar refractivity (Wildman–Crippen MR) is 61.4 cm³/mol. The van der Waals surface area contributed by atoms with Gasteiger partial charge in [0.05, 0.1) is 6.07 Å². The Morgan fingerprint density at radius 3 is 3.00 bits per heavy atom. The first-order chi connectivity index (χ1) is 7.81. The van der Waals surface area contributed by atoms with E-state index in [9.17, 15) is 4.39 Å². The van der Waals surface area contributed by atoms with Crippen molar-refractivity contribution in [1.29, 1.82) is 5.26 Å². The van der Waals surface area contributed by atoms with Crippen molar-refractivity contribution in [3.8, 4) is 6.07 Å². The Morgan fingerprint density at radius 1 is 1.31 bits per heavy atom. The number of aromatic amines is 1. The summed E-state index contributed by atoms with van der Waals surface area (Å²) in [5, 5.41) is 9.38. The maximum absolute atomic E-state index is 13.1. The average Bonchev–Trinajstić information content (AvgIpc) is 2.67. The fourth-order valence-corrected chi connectivity index (χ4v) is 1.88. The lowest BCUT2D eigenvalue weighted by Gasteiger charge is -1.98. The van der Waals surface area contributed by atoms with Gasteiger partial charge in [0.2, 0.25) is 0 Å². The zero-order chi connectivity index (χ0) is 11.4. The molecule has 0 spiro atoms. The van der Waals surface area contributed by atoms with Crippen molar-refractivity contribution in [2.45, 2.75) is 25.7 Å². The van der Waals surface area contributed by atoms with Gasteiger partial charge in [0, 0.05) is 23.5 Å². The molecule has 1 heterocycles. The second-order valence-electron chi connectivity index (χ2n) is 3.87. The van der Waals surface area contributed by atoms with Crippen LogP contribution in [0.5, 0.6) is 0 Å². The number of nitrogens with zero attached hydrogens (tertiary/aromatic N) is 1. The highest BCUT2D eigenvalue weighted by Crippen LogP contribution is 2.21. The molecule has 3 heteroatoms. The van der Waals surface area contributed by atoms with E-state index < -0.39 is 0 Å².